The molecule has 0 aliphatic rings. The van der Waals surface area contributed by atoms with Crippen molar-refractivity contribution in [3.63, 3.8) is 0 Å². The van der Waals surface area contributed by atoms with Crippen LogP contribution in [-0.4, -0.2) is 73.3 Å². The maximum absolute atomic E-state index is 5.56. The molecule has 2 aromatic carbocycles. The van der Waals surface area contributed by atoms with Crippen LogP contribution >= 0.6 is 11.3 Å². The van der Waals surface area contributed by atoms with E-state index in [4.69, 9.17) is 43.3 Å². The standard InChI is InChI=1S/C26H33N3O7S/c1-16(17-11-20(31-3)24(35-7)21(12-17)32-4)28-29-19(15-37-26(29)27-9-10-30-2)18-13-22(33-5)25(36-8)23(14-18)34-6/h11-15H,9-10H2,1-8H3/b27-26?,28-16+. The van der Waals surface area contributed by atoms with Crippen LogP contribution < -0.4 is 33.2 Å². The molecule has 0 bridgehead atoms. The number of rotatable bonds is 12. The van der Waals surface area contributed by atoms with Crippen molar-refractivity contribution in [3.05, 3.63) is 40.0 Å². The van der Waals surface area contributed by atoms with Crippen LogP contribution in [0.3, 0.4) is 0 Å². The molecule has 200 valence electrons. The fourth-order valence-electron chi connectivity index (χ4n) is 3.66. The maximum Gasteiger partial charge on any atom is 0.206 e. The molecule has 0 radical (unpaired) electrons. The van der Waals surface area contributed by atoms with Crippen molar-refractivity contribution in [2.24, 2.45) is 10.1 Å². The Hall–Kier alpha value is -3.70. The van der Waals surface area contributed by atoms with Crippen molar-refractivity contribution in [2.45, 2.75) is 6.92 Å². The third kappa shape index (κ3) is 6.00. The van der Waals surface area contributed by atoms with Gasteiger partial charge in [-0.25, -0.2) is 4.68 Å². The molecule has 0 saturated heterocycles. The molecular formula is C26H33N3O7S. The molecule has 0 unspecified atom stereocenters. The van der Waals surface area contributed by atoms with Gasteiger partial charge in [-0.1, -0.05) is 0 Å². The zero-order valence-electron chi connectivity index (χ0n) is 22.4. The van der Waals surface area contributed by atoms with Gasteiger partial charge < -0.3 is 33.2 Å². The third-order valence-electron chi connectivity index (χ3n) is 5.52. The number of nitrogens with zero attached hydrogens (tertiary/aromatic N) is 3. The zero-order chi connectivity index (χ0) is 26.9. The molecule has 0 N–H and O–H groups in total. The van der Waals surface area contributed by atoms with E-state index in [1.54, 1.807) is 54.4 Å². The van der Waals surface area contributed by atoms with Crippen LogP contribution in [0.5, 0.6) is 34.5 Å². The molecule has 0 spiro atoms. The fraction of sp³-hybridized carbons (Fsp3) is 0.385. The molecule has 0 amide bonds. The molecule has 3 rings (SSSR count). The van der Waals surface area contributed by atoms with E-state index in [0.717, 1.165) is 16.8 Å². The number of aromatic nitrogens is 1. The number of benzene rings is 2. The molecule has 1 heterocycles. The maximum atomic E-state index is 5.56. The van der Waals surface area contributed by atoms with Crippen molar-refractivity contribution < 1.29 is 33.2 Å². The molecule has 0 atom stereocenters. The summed E-state index contributed by atoms with van der Waals surface area (Å²) in [7, 11) is 11.1. The lowest BCUT2D eigenvalue weighted by Crippen LogP contribution is -2.15. The summed E-state index contributed by atoms with van der Waals surface area (Å²) in [5.41, 5.74) is 3.12. The molecule has 0 aliphatic carbocycles. The Kier molecular flexibility index (Phi) is 9.81. The Balaban J connectivity index is 2.23. The summed E-state index contributed by atoms with van der Waals surface area (Å²) >= 11 is 1.47. The van der Waals surface area contributed by atoms with Gasteiger partial charge in [-0.2, -0.15) is 5.10 Å². The summed E-state index contributed by atoms with van der Waals surface area (Å²) in [5.74, 6) is 3.18. The van der Waals surface area contributed by atoms with E-state index in [0.29, 0.717) is 58.2 Å². The van der Waals surface area contributed by atoms with Gasteiger partial charge in [0.25, 0.3) is 0 Å². The van der Waals surface area contributed by atoms with Gasteiger partial charge in [-0.3, -0.25) is 4.99 Å². The molecule has 1 aromatic heterocycles. The minimum atomic E-state index is 0.491. The van der Waals surface area contributed by atoms with Gasteiger partial charge >= 0.3 is 0 Å². The van der Waals surface area contributed by atoms with Crippen LogP contribution in [0.4, 0.5) is 0 Å². The second-order valence-corrected chi connectivity index (χ2v) is 8.44. The Bertz CT molecular complexity index is 1260. The van der Waals surface area contributed by atoms with Crippen LogP contribution in [0.25, 0.3) is 11.3 Å². The largest absolute Gasteiger partial charge is 0.493 e. The first kappa shape index (κ1) is 27.9. The molecule has 10 nitrogen and oxygen atoms in total. The Morgan fingerprint density at radius 2 is 1.27 bits per heavy atom. The highest BCUT2D eigenvalue weighted by molar-refractivity contribution is 7.07. The first-order valence-corrected chi connectivity index (χ1v) is 12.2. The van der Waals surface area contributed by atoms with Crippen molar-refractivity contribution in [1.82, 2.24) is 4.68 Å². The van der Waals surface area contributed by atoms with Gasteiger partial charge in [0.05, 0.1) is 67.2 Å². The number of ether oxygens (including phenoxy) is 7. The smallest absolute Gasteiger partial charge is 0.206 e. The minimum Gasteiger partial charge on any atom is -0.493 e. The van der Waals surface area contributed by atoms with E-state index in [-0.39, 0.29) is 0 Å². The fourth-order valence-corrected chi connectivity index (χ4v) is 4.52. The summed E-state index contributed by atoms with van der Waals surface area (Å²) in [6, 6.07) is 7.47. The summed E-state index contributed by atoms with van der Waals surface area (Å²) in [6.45, 7) is 2.89. The molecular weight excluding hydrogens is 498 g/mol. The minimum absolute atomic E-state index is 0.491. The molecule has 37 heavy (non-hydrogen) atoms. The van der Waals surface area contributed by atoms with Crippen LogP contribution in [0.1, 0.15) is 12.5 Å². The van der Waals surface area contributed by atoms with Crippen LogP contribution in [0.15, 0.2) is 39.7 Å². The normalized spacial score (nSPS) is 11.9. The molecule has 11 heteroatoms. The van der Waals surface area contributed by atoms with Crippen LogP contribution in [0.2, 0.25) is 0 Å². The van der Waals surface area contributed by atoms with Gasteiger partial charge in [-0.15, -0.1) is 11.3 Å². The van der Waals surface area contributed by atoms with E-state index in [1.807, 2.05) is 36.6 Å². The Labute approximate surface area is 220 Å². The van der Waals surface area contributed by atoms with Gasteiger partial charge in [0.15, 0.2) is 23.0 Å². The van der Waals surface area contributed by atoms with Gasteiger partial charge in [0.2, 0.25) is 16.3 Å². The molecule has 0 aliphatic heterocycles. The summed E-state index contributed by atoms with van der Waals surface area (Å²) in [4.78, 5) is 5.40. The number of hydrogen-bond donors (Lipinski definition) is 0. The number of hydrogen-bond acceptors (Lipinski definition) is 10. The van der Waals surface area contributed by atoms with Crippen LogP contribution in [-0.2, 0) is 4.74 Å². The predicted molar refractivity (Wildman–Crippen MR) is 143 cm³/mol. The van der Waals surface area contributed by atoms with Crippen molar-refractivity contribution in [2.75, 3.05) is 62.9 Å². The van der Waals surface area contributed by atoms with Crippen molar-refractivity contribution >= 4 is 17.0 Å². The number of thiazole rings is 1. The quantitative estimate of drug-likeness (QED) is 0.257. The SMILES string of the molecule is COCCN=c1scc(-c2cc(OC)c(OC)c(OC)c2)n1/N=C(\C)c1cc(OC)c(OC)c(OC)c1. The highest BCUT2D eigenvalue weighted by Crippen LogP contribution is 2.41. The van der Waals surface area contributed by atoms with E-state index < -0.39 is 0 Å². The monoisotopic (exact) mass is 531 g/mol. The van der Waals surface area contributed by atoms with Gasteiger partial charge in [0, 0.05) is 23.6 Å². The van der Waals surface area contributed by atoms with E-state index >= 15 is 0 Å². The van der Waals surface area contributed by atoms with E-state index in [9.17, 15) is 0 Å². The molecule has 0 fully saturated rings. The third-order valence-corrected chi connectivity index (χ3v) is 6.37. The lowest BCUT2D eigenvalue weighted by atomic mass is 10.1. The van der Waals surface area contributed by atoms with E-state index in [1.165, 1.54) is 11.3 Å². The highest BCUT2D eigenvalue weighted by atomic mass is 32.1. The first-order chi connectivity index (χ1) is 18.0. The number of methoxy groups -OCH3 is 7. The zero-order valence-corrected chi connectivity index (χ0v) is 23.2. The first-order valence-electron chi connectivity index (χ1n) is 11.3. The topological polar surface area (TPSA) is 94.3 Å². The molecule has 0 saturated carbocycles. The lowest BCUT2D eigenvalue weighted by Gasteiger charge is -2.15. The Morgan fingerprint density at radius 1 is 0.757 bits per heavy atom. The average molecular weight is 532 g/mol. The second kappa shape index (κ2) is 13.0. The predicted octanol–water partition coefficient (Wildman–Crippen LogP) is 4.09. The van der Waals surface area contributed by atoms with Gasteiger partial charge in [0.1, 0.15) is 0 Å². The average Bonchev–Trinajstić information content (AvgIpc) is 3.33. The van der Waals surface area contributed by atoms with Crippen LogP contribution in [0, 0.1) is 0 Å². The Morgan fingerprint density at radius 3 is 1.73 bits per heavy atom. The second-order valence-electron chi connectivity index (χ2n) is 7.60. The summed E-state index contributed by atoms with van der Waals surface area (Å²) in [6.07, 6.45) is 0. The van der Waals surface area contributed by atoms with E-state index in [2.05, 4.69) is 0 Å². The van der Waals surface area contributed by atoms with Crippen molar-refractivity contribution in [1.29, 1.82) is 0 Å². The van der Waals surface area contributed by atoms with Gasteiger partial charge in [-0.05, 0) is 31.2 Å². The highest BCUT2D eigenvalue weighted by Gasteiger charge is 2.18. The van der Waals surface area contributed by atoms with Crippen molar-refractivity contribution in [3.8, 4) is 45.8 Å². The summed E-state index contributed by atoms with van der Waals surface area (Å²) in [5, 5.41) is 6.93. The summed E-state index contributed by atoms with van der Waals surface area (Å²) < 4.78 is 40.1. The lowest BCUT2D eigenvalue weighted by molar-refractivity contribution is 0.207. The molecule has 3 aromatic rings.